The molecule has 0 heterocycles. The normalized spacial score (nSPS) is 21.5. The highest BCUT2D eigenvalue weighted by Crippen LogP contribution is 2.39. The van der Waals surface area contributed by atoms with Crippen LogP contribution in [-0.2, 0) is 9.53 Å². The number of rotatable bonds is 3. The van der Waals surface area contributed by atoms with Gasteiger partial charge in [-0.3, -0.25) is 4.79 Å². The topological polar surface area (TPSA) is 26.3 Å². The van der Waals surface area contributed by atoms with Gasteiger partial charge in [0.15, 0.2) is 0 Å². The lowest BCUT2D eigenvalue weighted by atomic mass is 9.73. The van der Waals surface area contributed by atoms with Crippen molar-refractivity contribution in [1.29, 1.82) is 0 Å². The minimum absolute atomic E-state index is 0.214. The molecule has 0 saturated heterocycles. The van der Waals surface area contributed by atoms with E-state index in [1.807, 2.05) is 0 Å². The Bertz CT molecular complexity index is 226. The van der Waals surface area contributed by atoms with E-state index in [2.05, 4.69) is 20.8 Å². The number of hydrogen-bond donors (Lipinski definition) is 0. The van der Waals surface area contributed by atoms with E-state index in [-0.39, 0.29) is 5.41 Å². The molecule has 1 aliphatic rings. The molecule has 0 aromatic heterocycles. The fraction of sp³-hybridized carbons (Fsp3) is 0.727. The van der Waals surface area contributed by atoms with Gasteiger partial charge in [-0.2, -0.15) is 0 Å². The van der Waals surface area contributed by atoms with Crippen LogP contribution in [-0.4, -0.2) is 13.1 Å². The van der Waals surface area contributed by atoms with Gasteiger partial charge < -0.3 is 4.74 Å². The monoisotopic (exact) mass is 182 g/mol. The highest BCUT2D eigenvalue weighted by molar-refractivity contribution is 5.38. The van der Waals surface area contributed by atoms with Gasteiger partial charge in [-0.25, -0.2) is 0 Å². The molecule has 13 heavy (non-hydrogen) atoms. The molecule has 0 aromatic carbocycles. The molecule has 2 nitrogen and oxygen atoms in total. The van der Waals surface area contributed by atoms with Crippen LogP contribution in [0.5, 0.6) is 0 Å². The van der Waals surface area contributed by atoms with Crippen molar-refractivity contribution in [3.63, 3.8) is 0 Å². The minimum atomic E-state index is 0.214. The molecule has 0 aromatic rings. The molecule has 0 unspecified atom stereocenters. The van der Waals surface area contributed by atoms with E-state index in [0.717, 1.165) is 6.42 Å². The summed E-state index contributed by atoms with van der Waals surface area (Å²) in [6.45, 7) is 7.59. The maximum absolute atomic E-state index is 10.1. The van der Waals surface area contributed by atoms with E-state index < -0.39 is 0 Å². The molecule has 74 valence electrons. The van der Waals surface area contributed by atoms with Crippen molar-refractivity contribution in [2.75, 3.05) is 6.61 Å². The third-order valence-corrected chi connectivity index (χ3v) is 2.98. The largest absolute Gasteiger partial charge is 0.463 e. The van der Waals surface area contributed by atoms with E-state index in [1.54, 1.807) is 0 Å². The van der Waals surface area contributed by atoms with Gasteiger partial charge in [0.05, 0.1) is 0 Å². The number of carbonyl (C=O) groups excluding carboxylic acids is 1. The second-order valence-electron chi connectivity index (χ2n) is 4.40. The maximum Gasteiger partial charge on any atom is 0.293 e. The Morgan fingerprint density at radius 3 is 2.77 bits per heavy atom. The molecule has 0 N–H and O–H groups in total. The zero-order chi connectivity index (χ0) is 9.90. The molecule has 0 aliphatic heterocycles. The van der Waals surface area contributed by atoms with E-state index >= 15 is 0 Å². The maximum atomic E-state index is 10.1. The first kappa shape index (κ1) is 10.3. The van der Waals surface area contributed by atoms with E-state index in [9.17, 15) is 4.79 Å². The van der Waals surface area contributed by atoms with Gasteiger partial charge in [-0.15, -0.1) is 0 Å². The van der Waals surface area contributed by atoms with Crippen LogP contribution >= 0.6 is 0 Å². The smallest absolute Gasteiger partial charge is 0.293 e. The van der Waals surface area contributed by atoms with Gasteiger partial charge in [-0.1, -0.05) is 19.4 Å². The van der Waals surface area contributed by atoms with Crippen LogP contribution in [0.3, 0.4) is 0 Å². The van der Waals surface area contributed by atoms with Crippen LogP contribution in [0.15, 0.2) is 11.1 Å². The molecule has 0 saturated carbocycles. The summed E-state index contributed by atoms with van der Waals surface area (Å²) in [4.78, 5) is 10.1. The van der Waals surface area contributed by atoms with Crippen LogP contribution in [0.2, 0.25) is 0 Å². The van der Waals surface area contributed by atoms with Gasteiger partial charge in [-0.05, 0) is 37.2 Å². The molecule has 1 rings (SSSR count). The predicted octanol–water partition coefficient (Wildman–Crippen LogP) is 2.69. The van der Waals surface area contributed by atoms with E-state index in [0.29, 0.717) is 13.1 Å². The molecule has 0 atom stereocenters. The number of ether oxygens (including phenoxy) is 1. The van der Waals surface area contributed by atoms with Crippen molar-refractivity contribution >= 4 is 6.47 Å². The van der Waals surface area contributed by atoms with E-state index in [1.165, 1.54) is 24.0 Å². The minimum Gasteiger partial charge on any atom is -0.463 e. The van der Waals surface area contributed by atoms with Crippen molar-refractivity contribution in [1.82, 2.24) is 0 Å². The Kier molecular flexibility index (Phi) is 3.12. The third-order valence-electron chi connectivity index (χ3n) is 2.98. The zero-order valence-corrected chi connectivity index (χ0v) is 8.72. The van der Waals surface area contributed by atoms with Crippen molar-refractivity contribution in [2.24, 2.45) is 5.41 Å². The quantitative estimate of drug-likeness (QED) is 0.495. The first-order chi connectivity index (χ1) is 6.08. The molecular weight excluding hydrogens is 164 g/mol. The Morgan fingerprint density at radius 2 is 2.23 bits per heavy atom. The Labute approximate surface area is 80.0 Å². The summed E-state index contributed by atoms with van der Waals surface area (Å²) in [6, 6.07) is 0. The molecule has 0 bridgehead atoms. The lowest BCUT2D eigenvalue weighted by Gasteiger charge is -2.33. The number of hydrogen-bond acceptors (Lipinski definition) is 2. The summed E-state index contributed by atoms with van der Waals surface area (Å²) in [5.41, 5.74) is 2.93. The SMILES string of the molecule is CC1=C(COC=O)C(C)(C)CCC1. The summed E-state index contributed by atoms with van der Waals surface area (Å²) < 4.78 is 4.84. The standard InChI is InChI=1S/C11H18O2/c1-9-5-4-6-11(2,3)10(9)7-13-8-12/h8H,4-7H2,1-3H3. The second-order valence-corrected chi connectivity index (χ2v) is 4.40. The first-order valence-corrected chi connectivity index (χ1v) is 4.82. The van der Waals surface area contributed by atoms with Crippen molar-refractivity contribution < 1.29 is 9.53 Å². The van der Waals surface area contributed by atoms with Crippen molar-refractivity contribution in [3.05, 3.63) is 11.1 Å². The van der Waals surface area contributed by atoms with E-state index in [4.69, 9.17) is 4.74 Å². The number of carbonyl (C=O) groups is 1. The molecule has 2 heteroatoms. The van der Waals surface area contributed by atoms with Gasteiger partial charge in [0.2, 0.25) is 0 Å². The lowest BCUT2D eigenvalue weighted by Crippen LogP contribution is -2.23. The summed E-state index contributed by atoms with van der Waals surface area (Å²) in [5, 5.41) is 0. The lowest BCUT2D eigenvalue weighted by molar-refractivity contribution is -0.128. The molecule has 0 amide bonds. The fourth-order valence-electron chi connectivity index (χ4n) is 2.11. The Morgan fingerprint density at radius 1 is 1.54 bits per heavy atom. The van der Waals surface area contributed by atoms with Gasteiger partial charge in [0, 0.05) is 0 Å². The molecule has 0 fully saturated rings. The number of allylic oxidation sites excluding steroid dienone is 1. The van der Waals surface area contributed by atoms with Gasteiger partial charge >= 0.3 is 0 Å². The molecule has 1 aliphatic carbocycles. The molecule has 0 radical (unpaired) electrons. The average molecular weight is 182 g/mol. The summed E-state index contributed by atoms with van der Waals surface area (Å²) in [6.07, 6.45) is 3.60. The van der Waals surface area contributed by atoms with Crippen LogP contribution in [0.1, 0.15) is 40.0 Å². The second kappa shape index (κ2) is 3.95. The molecular formula is C11H18O2. The van der Waals surface area contributed by atoms with Crippen LogP contribution in [0.4, 0.5) is 0 Å². The van der Waals surface area contributed by atoms with Crippen molar-refractivity contribution in [3.8, 4) is 0 Å². The van der Waals surface area contributed by atoms with Gasteiger partial charge in [0.1, 0.15) is 6.61 Å². The summed E-state index contributed by atoms with van der Waals surface area (Å²) in [5.74, 6) is 0. The Balaban J connectivity index is 2.78. The third kappa shape index (κ3) is 2.33. The first-order valence-electron chi connectivity index (χ1n) is 4.82. The average Bonchev–Trinajstić information content (AvgIpc) is 2.02. The fourth-order valence-corrected chi connectivity index (χ4v) is 2.11. The van der Waals surface area contributed by atoms with Crippen LogP contribution < -0.4 is 0 Å². The van der Waals surface area contributed by atoms with Gasteiger partial charge in [0.25, 0.3) is 6.47 Å². The van der Waals surface area contributed by atoms with Crippen LogP contribution in [0, 0.1) is 5.41 Å². The highest BCUT2D eigenvalue weighted by Gasteiger charge is 2.28. The predicted molar refractivity (Wildman–Crippen MR) is 52.3 cm³/mol. The highest BCUT2D eigenvalue weighted by atomic mass is 16.5. The summed E-state index contributed by atoms with van der Waals surface area (Å²) >= 11 is 0. The van der Waals surface area contributed by atoms with Crippen molar-refractivity contribution in [2.45, 2.75) is 40.0 Å². The van der Waals surface area contributed by atoms with Crippen LogP contribution in [0.25, 0.3) is 0 Å². The summed E-state index contributed by atoms with van der Waals surface area (Å²) in [7, 11) is 0. The Hall–Kier alpha value is -0.790. The molecule has 0 spiro atoms. The zero-order valence-electron chi connectivity index (χ0n) is 8.72.